The van der Waals surface area contributed by atoms with Crippen molar-refractivity contribution in [2.75, 3.05) is 26.7 Å². The van der Waals surface area contributed by atoms with Crippen LogP contribution in [-0.4, -0.2) is 54.6 Å². The van der Waals surface area contributed by atoms with Crippen LogP contribution in [0.2, 0.25) is 0 Å². The van der Waals surface area contributed by atoms with Crippen molar-refractivity contribution in [1.29, 1.82) is 0 Å². The van der Waals surface area contributed by atoms with Crippen LogP contribution in [0.5, 0.6) is 0 Å². The van der Waals surface area contributed by atoms with E-state index >= 15 is 0 Å². The van der Waals surface area contributed by atoms with E-state index in [0.29, 0.717) is 19.5 Å². The van der Waals surface area contributed by atoms with Crippen LogP contribution in [0.4, 0.5) is 4.79 Å². The third-order valence-electron chi connectivity index (χ3n) is 5.31. The van der Waals surface area contributed by atoms with Crippen molar-refractivity contribution in [3.05, 3.63) is 35.4 Å². The number of hydrogen-bond donors (Lipinski definition) is 1. The molecule has 142 valence electrons. The zero-order chi connectivity index (χ0) is 18.4. The van der Waals surface area contributed by atoms with Crippen molar-refractivity contribution >= 4 is 12.0 Å². The molecular weight excluding hydrogens is 330 g/mol. The molecule has 0 aliphatic carbocycles. The summed E-state index contributed by atoms with van der Waals surface area (Å²) in [6.45, 7) is 4.44. The van der Waals surface area contributed by atoms with Crippen LogP contribution in [0.25, 0.3) is 0 Å². The maximum Gasteiger partial charge on any atom is 0.410 e. The van der Waals surface area contributed by atoms with E-state index in [1.165, 1.54) is 43.5 Å². The van der Waals surface area contributed by atoms with E-state index in [1.807, 2.05) is 0 Å². The number of carbonyl (C=O) groups is 2. The quantitative estimate of drug-likeness (QED) is 0.878. The Balaban J connectivity index is 1.50. The Bertz CT molecular complexity index is 611. The number of rotatable bonds is 5. The van der Waals surface area contributed by atoms with Gasteiger partial charge in [0.2, 0.25) is 5.91 Å². The molecule has 0 radical (unpaired) electrons. The molecule has 1 aromatic rings. The second-order valence-corrected chi connectivity index (χ2v) is 7.19. The first-order chi connectivity index (χ1) is 12.7. The number of benzene rings is 1. The fraction of sp³-hybridized carbons (Fsp3) is 0.600. The predicted octanol–water partition coefficient (Wildman–Crippen LogP) is 2.52. The van der Waals surface area contributed by atoms with Crippen molar-refractivity contribution in [3.8, 4) is 0 Å². The molecule has 6 nitrogen and oxygen atoms in total. The first-order valence-corrected chi connectivity index (χ1v) is 9.60. The van der Waals surface area contributed by atoms with E-state index < -0.39 is 12.1 Å². The minimum Gasteiger partial charge on any atom is -0.453 e. The third-order valence-corrected chi connectivity index (χ3v) is 5.31. The lowest BCUT2D eigenvalue weighted by Gasteiger charge is -2.33. The molecule has 0 bridgehead atoms. The average Bonchev–Trinajstić information content (AvgIpc) is 3.19. The van der Waals surface area contributed by atoms with Crippen molar-refractivity contribution in [1.82, 2.24) is 15.1 Å². The summed E-state index contributed by atoms with van der Waals surface area (Å²) < 4.78 is 4.80. The largest absolute Gasteiger partial charge is 0.453 e. The van der Waals surface area contributed by atoms with Gasteiger partial charge in [-0.25, -0.2) is 4.79 Å². The molecule has 3 rings (SSSR count). The van der Waals surface area contributed by atoms with Gasteiger partial charge in [-0.15, -0.1) is 0 Å². The van der Waals surface area contributed by atoms with Gasteiger partial charge in [-0.1, -0.05) is 24.3 Å². The minimum atomic E-state index is -0.425. The molecule has 2 heterocycles. The van der Waals surface area contributed by atoms with Gasteiger partial charge in [-0.2, -0.15) is 0 Å². The highest BCUT2D eigenvalue weighted by Gasteiger charge is 2.32. The number of likely N-dealkylation sites (tertiary alicyclic amines) is 2. The Hall–Kier alpha value is -2.08. The molecule has 2 aliphatic rings. The zero-order valence-corrected chi connectivity index (χ0v) is 15.6. The fourth-order valence-electron chi connectivity index (χ4n) is 3.81. The Morgan fingerprint density at radius 3 is 2.38 bits per heavy atom. The summed E-state index contributed by atoms with van der Waals surface area (Å²) >= 11 is 0. The van der Waals surface area contributed by atoms with Gasteiger partial charge in [0.1, 0.15) is 6.04 Å². The summed E-state index contributed by atoms with van der Waals surface area (Å²) in [5, 5.41) is 2.97. The lowest BCUT2D eigenvalue weighted by Crippen LogP contribution is -2.51. The molecule has 26 heavy (non-hydrogen) atoms. The van der Waals surface area contributed by atoms with Gasteiger partial charge >= 0.3 is 6.09 Å². The monoisotopic (exact) mass is 359 g/mol. The van der Waals surface area contributed by atoms with E-state index in [4.69, 9.17) is 4.74 Å². The smallest absolute Gasteiger partial charge is 0.410 e. The molecular formula is C20H29N3O3. The molecule has 1 atom stereocenters. The van der Waals surface area contributed by atoms with E-state index in [0.717, 1.165) is 24.9 Å². The van der Waals surface area contributed by atoms with Crippen LogP contribution in [0.3, 0.4) is 0 Å². The number of nitrogens with zero attached hydrogens (tertiary/aromatic N) is 2. The van der Waals surface area contributed by atoms with Gasteiger partial charge in [0.15, 0.2) is 0 Å². The predicted molar refractivity (Wildman–Crippen MR) is 99.5 cm³/mol. The molecule has 1 aromatic carbocycles. The summed E-state index contributed by atoms with van der Waals surface area (Å²) in [5.41, 5.74) is 2.38. The van der Waals surface area contributed by atoms with Gasteiger partial charge in [0, 0.05) is 19.6 Å². The van der Waals surface area contributed by atoms with Gasteiger partial charge in [0.25, 0.3) is 0 Å². The van der Waals surface area contributed by atoms with Crippen LogP contribution < -0.4 is 5.32 Å². The SMILES string of the molecule is COC(=O)N1CCCCC1C(=O)NCc1ccc(CN2CCCC2)cc1. The van der Waals surface area contributed by atoms with Crippen molar-refractivity contribution in [2.45, 2.75) is 51.2 Å². The highest BCUT2D eigenvalue weighted by molar-refractivity contribution is 5.85. The second kappa shape index (κ2) is 9.03. The Morgan fingerprint density at radius 2 is 1.69 bits per heavy atom. The van der Waals surface area contributed by atoms with Crippen LogP contribution in [-0.2, 0) is 22.6 Å². The topological polar surface area (TPSA) is 61.9 Å². The van der Waals surface area contributed by atoms with Gasteiger partial charge in [-0.3, -0.25) is 14.6 Å². The van der Waals surface area contributed by atoms with Gasteiger partial charge in [0.05, 0.1) is 7.11 Å². The van der Waals surface area contributed by atoms with Crippen molar-refractivity contribution in [3.63, 3.8) is 0 Å². The molecule has 0 aromatic heterocycles. The molecule has 2 fully saturated rings. The molecule has 2 aliphatic heterocycles. The highest BCUT2D eigenvalue weighted by atomic mass is 16.5. The Morgan fingerprint density at radius 1 is 1.04 bits per heavy atom. The number of piperidine rings is 1. The molecule has 1 unspecified atom stereocenters. The van der Waals surface area contributed by atoms with E-state index in [1.54, 1.807) is 0 Å². The molecule has 2 saturated heterocycles. The van der Waals surface area contributed by atoms with E-state index in [-0.39, 0.29) is 5.91 Å². The molecule has 0 spiro atoms. The van der Waals surface area contributed by atoms with Gasteiger partial charge < -0.3 is 10.1 Å². The van der Waals surface area contributed by atoms with Gasteiger partial charge in [-0.05, 0) is 56.3 Å². The summed E-state index contributed by atoms with van der Waals surface area (Å²) in [4.78, 5) is 28.4. The standard InChI is InChI=1S/C20H29N3O3/c1-26-20(25)23-13-3-2-6-18(23)19(24)21-14-16-7-9-17(10-8-16)15-22-11-4-5-12-22/h7-10,18H,2-6,11-15H2,1H3,(H,21,24). The number of methoxy groups -OCH3 is 1. The first kappa shape index (κ1) is 18.7. The number of ether oxygens (including phenoxy) is 1. The average molecular weight is 359 g/mol. The van der Waals surface area contributed by atoms with Crippen molar-refractivity contribution in [2.24, 2.45) is 0 Å². The molecule has 2 amide bonds. The van der Waals surface area contributed by atoms with E-state index in [2.05, 4.69) is 34.5 Å². The maximum atomic E-state index is 12.5. The number of carbonyl (C=O) groups excluding carboxylic acids is 2. The maximum absolute atomic E-state index is 12.5. The summed E-state index contributed by atoms with van der Waals surface area (Å²) in [7, 11) is 1.36. The number of hydrogen-bond acceptors (Lipinski definition) is 4. The highest BCUT2D eigenvalue weighted by Crippen LogP contribution is 2.18. The summed E-state index contributed by atoms with van der Waals surface area (Å²) in [6, 6.07) is 8.00. The lowest BCUT2D eigenvalue weighted by molar-refractivity contribution is -0.127. The second-order valence-electron chi connectivity index (χ2n) is 7.19. The van der Waals surface area contributed by atoms with Crippen LogP contribution in [0.15, 0.2) is 24.3 Å². The molecule has 0 saturated carbocycles. The zero-order valence-electron chi connectivity index (χ0n) is 15.6. The Kier molecular flexibility index (Phi) is 6.50. The van der Waals surface area contributed by atoms with Crippen LogP contribution >= 0.6 is 0 Å². The number of nitrogens with one attached hydrogen (secondary N) is 1. The van der Waals surface area contributed by atoms with Crippen LogP contribution in [0.1, 0.15) is 43.2 Å². The molecule has 6 heteroatoms. The first-order valence-electron chi connectivity index (χ1n) is 9.60. The minimum absolute atomic E-state index is 0.101. The van der Waals surface area contributed by atoms with Crippen LogP contribution in [0, 0.1) is 0 Å². The van der Waals surface area contributed by atoms with Crippen molar-refractivity contribution < 1.29 is 14.3 Å². The molecule has 1 N–H and O–H groups in total. The Labute approximate surface area is 155 Å². The third kappa shape index (κ3) is 4.75. The normalized spacial score (nSPS) is 20.8. The summed E-state index contributed by atoms with van der Waals surface area (Å²) in [6.07, 6.45) is 4.74. The number of amides is 2. The van der Waals surface area contributed by atoms with E-state index in [9.17, 15) is 9.59 Å². The summed E-state index contributed by atoms with van der Waals surface area (Å²) in [5.74, 6) is -0.101. The fourth-order valence-corrected chi connectivity index (χ4v) is 3.81. The lowest BCUT2D eigenvalue weighted by atomic mass is 10.0.